The van der Waals surface area contributed by atoms with Crippen LogP contribution in [0.2, 0.25) is 0 Å². The fourth-order valence-corrected chi connectivity index (χ4v) is 2.23. The van der Waals surface area contributed by atoms with Crippen LogP contribution in [0.25, 0.3) is 0 Å². The molecule has 0 spiro atoms. The number of hydrogen-bond donors (Lipinski definition) is 1. The van der Waals surface area contributed by atoms with Crippen molar-refractivity contribution in [1.29, 1.82) is 0 Å². The van der Waals surface area contributed by atoms with Crippen LogP contribution in [-0.4, -0.2) is 10.1 Å². The number of hydrogen-bond acceptors (Lipinski definition) is 3. The van der Waals surface area contributed by atoms with Gasteiger partial charge < -0.3 is 9.84 Å². The van der Waals surface area contributed by atoms with E-state index >= 15 is 0 Å². The summed E-state index contributed by atoms with van der Waals surface area (Å²) in [6.07, 6.45) is 2.71. The third kappa shape index (κ3) is 3.51. The standard InChI is InChI=1S/C19H17NO2/c21-19(17-10-12-20-13-11-17)16-6-8-18(9-7-16)22-14-15-4-2-1-3-5-15/h1-13,19,21H,14H2. The van der Waals surface area contributed by atoms with Crippen LogP contribution in [-0.2, 0) is 6.61 Å². The molecule has 0 amide bonds. The summed E-state index contributed by atoms with van der Waals surface area (Å²) in [5.41, 5.74) is 2.79. The molecule has 0 saturated heterocycles. The zero-order valence-electron chi connectivity index (χ0n) is 12.1. The quantitative estimate of drug-likeness (QED) is 0.778. The second kappa shape index (κ2) is 6.87. The van der Waals surface area contributed by atoms with Crippen LogP contribution < -0.4 is 4.74 Å². The lowest BCUT2D eigenvalue weighted by molar-refractivity contribution is 0.220. The highest BCUT2D eigenvalue weighted by molar-refractivity contribution is 5.33. The maximum absolute atomic E-state index is 10.3. The van der Waals surface area contributed by atoms with Gasteiger partial charge in [-0.15, -0.1) is 0 Å². The first-order valence-corrected chi connectivity index (χ1v) is 7.17. The Labute approximate surface area is 129 Å². The highest BCUT2D eigenvalue weighted by atomic mass is 16.5. The van der Waals surface area contributed by atoms with Gasteiger partial charge in [0.2, 0.25) is 0 Å². The summed E-state index contributed by atoms with van der Waals surface area (Å²) in [5, 5.41) is 10.3. The molecule has 3 nitrogen and oxygen atoms in total. The number of rotatable bonds is 5. The van der Waals surface area contributed by atoms with Gasteiger partial charge >= 0.3 is 0 Å². The van der Waals surface area contributed by atoms with E-state index in [1.54, 1.807) is 12.4 Å². The fraction of sp³-hybridized carbons (Fsp3) is 0.105. The van der Waals surface area contributed by atoms with Crippen molar-refractivity contribution >= 4 is 0 Å². The van der Waals surface area contributed by atoms with Crippen molar-refractivity contribution in [3.63, 3.8) is 0 Å². The molecule has 0 aliphatic carbocycles. The van der Waals surface area contributed by atoms with Crippen LogP contribution in [0.3, 0.4) is 0 Å². The van der Waals surface area contributed by atoms with E-state index in [-0.39, 0.29) is 0 Å². The predicted octanol–water partition coefficient (Wildman–Crippen LogP) is 3.74. The minimum absolute atomic E-state index is 0.535. The van der Waals surface area contributed by atoms with Crippen molar-refractivity contribution in [2.75, 3.05) is 0 Å². The van der Waals surface area contributed by atoms with Crippen molar-refractivity contribution in [2.45, 2.75) is 12.7 Å². The molecule has 110 valence electrons. The van der Waals surface area contributed by atoms with Crippen LogP contribution in [0.5, 0.6) is 5.75 Å². The van der Waals surface area contributed by atoms with E-state index in [4.69, 9.17) is 4.74 Å². The van der Waals surface area contributed by atoms with E-state index in [9.17, 15) is 5.11 Å². The lowest BCUT2D eigenvalue weighted by Crippen LogP contribution is -2.00. The molecule has 0 saturated carbocycles. The highest BCUT2D eigenvalue weighted by Gasteiger charge is 2.09. The van der Waals surface area contributed by atoms with E-state index in [0.29, 0.717) is 6.61 Å². The number of aliphatic hydroxyl groups excluding tert-OH is 1. The zero-order valence-corrected chi connectivity index (χ0v) is 12.1. The maximum Gasteiger partial charge on any atom is 0.119 e. The summed E-state index contributed by atoms with van der Waals surface area (Å²) in [5.74, 6) is 0.787. The summed E-state index contributed by atoms with van der Waals surface area (Å²) in [6, 6.07) is 21.2. The van der Waals surface area contributed by atoms with Crippen molar-refractivity contribution < 1.29 is 9.84 Å². The lowest BCUT2D eigenvalue weighted by Gasteiger charge is -2.12. The van der Waals surface area contributed by atoms with Crippen LogP contribution >= 0.6 is 0 Å². The number of ether oxygens (including phenoxy) is 1. The molecular formula is C19H17NO2. The van der Waals surface area contributed by atoms with Gasteiger partial charge in [-0.2, -0.15) is 0 Å². The highest BCUT2D eigenvalue weighted by Crippen LogP contribution is 2.23. The third-order valence-electron chi connectivity index (χ3n) is 3.47. The molecule has 0 bridgehead atoms. The summed E-state index contributed by atoms with van der Waals surface area (Å²) < 4.78 is 5.74. The first kappa shape index (κ1) is 14.3. The van der Waals surface area contributed by atoms with E-state index in [0.717, 1.165) is 22.4 Å². The molecule has 1 unspecified atom stereocenters. The van der Waals surface area contributed by atoms with Gasteiger partial charge in [0.15, 0.2) is 0 Å². The SMILES string of the molecule is OC(c1ccncc1)c1ccc(OCc2ccccc2)cc1. The Morgan fingerprint density at radius 1 is 0.818 bits per heavy atom. The zero-order chi connectivity index (χ0) is 15.2. The molecule has 1 heterocycles. The van der Waals surface area contributed by atoms with E-state index in [1.807, 2.05) is 66.7 Å². The van der Waals surface area contributed by atoms with Gasteiger partial charge in [0.25, 0.3) is 0 Å². The Kier molecular flexibility index (Phi) is 4.47. The number of pyridine rings is 1. The summed E-state index contributed by atoms with van der Waals surface area (Å²) in [7, 11) is 0. The molecule has 3 aromatic rings. The molecule has 1 aromatic heterocycles. The smallest absolute Gasteiger partial charge is 0.119 e. The largest absolute Gasteiger partial charge is 0.489 e. The summed E-state index contributed by atoms with van der Waals surface area (Å²) in [6.45, 7) is 0.535. The Morgan fingerprint density at radius 2 is 1.45 bits per heavy atom. The average molecular weight is 291 g/mol. The van der Waals surface area contributed by atoms with Gasteiger partial charge in [0.1, 0.15) is 18.5 Å². The Morgan fingerprint density at radius 3 is 2.14 bits per heavy atom. The molecule has 2 aromatic carbocycles. The Bertz CT molecular complexity index is 697. The van der Waals surface area contributed by atoms with E-state index < -0.39 is 6.10 Å². The molecular weight excluding hydrogens is 274 g/mol. The molecule has 3 heteroatoms. The molecule has 0 radical (unpaired) electrons. The first-order chi connectivity index (χ1) is 10.8. The minimum atomic E-state index is -0.647. The Balaban J connectivity index is 1.65. The van der Waals surface area contributed by atoms with Crippen LogP contribution in [0, 0.1) is 0 Å². The van der Waals surface area contributed by atoms with Crippen molar-refractivity contribution in [3.8, 4) is 5.75 Å². The number of benzene rings is 2. The van der Waals surface area contributed by atoms with Crippen molar-refractivity contribution in [1.82, 2.24) is 4.98 Å². The van der Waals surface area contributed by atoms with E-state index in [2.05, 4.69) is 4.98 Å². The van der Waals surface area contributed by atoms with Gasteiger partial charge in [-0.25, -0.2) is 0 Å². The first-order valence-electron chi connectivity index (χ1n) is 7.17. The molecule has 0 fully saturated rings. The minimum Gasteiger partial charge on any atom is -0.489 e. The summed E-state index contributed by atoms with van der Waals surface area (Å²) in [4.78, 5) is 3.96. The normalized spacial score (nSPS) is 11.9. The predicted molar refractivity (Wildman–Crippen MR) is 85.5 cm³/mol. The molecule has 22 heavy (non-hydrogen) atoms. The molecule has 0 aliphatic rings. The van der Waals surface area contributed by atoms with Crippen LogP contribution in [0.15, 0.2) is 79.1 Å². The van der Waals surface area contributed by atoms with Gasteiger partial charge in [-0.05, 0) is 41.0 Å². The third-order valence-corrected chi connectivity index (χ3v) is 3.47. The van der Waals surface area contributed by atoms with Crippen molar-refractivity contribution in [3.05, 3.63) is 95.8 Å². The monoisotopic (exact) mass is 291 g/mol. The van der Waals surface area contributed by atoms with Gasteiger partial charge in [0, 0.05) is 12.4 Å². The maximum atomic E-state index is 10.3. The van der Waals surface area contributed by atoms with Gasteiger partial charge in [0.05, 0.1) is 0 Å². The Hall–Kier alpha value is -2.65. The molecule has 1 atom stereocenters. The second-order valence-corrected chi connectivity index (χ2v) is 5.03. The number of aliphatic hydroxyl groups is 1. The van der Waals surface area contributed by atoms with Gasteiger partial charge in [-0.3, -0.25) is 4.98 Å². The lowest BCUT2D eigenvalue weighted by atomic mass is 10.0. The van der Waals surface area contributed by atoms with Crippen LogP contribution in [0.4, 0.5) is 0 Å². The summed E-state index contributed by atoms with van der Waals surface area (Å²) >= 11 is 0. The molecule has 1 N–H and O–H groups in total. The van der Waals surface area contributed by atoms with Gasteiger partial charge in [-0.1, -0.05) is 42.5 Å². The second-order valence-electron chi connectivity index (χ2n) is 5.03. The van der Waals surface area contributed by atoms with Crippen molar-refractivity contribution in [2.24, 2.45) is 0 Å². The topological polar surface area (TPSA) is 42.4 Å². The fourth-order valence-electron chi connectivity index (χ4n) is 2.23. The number of aromatic nitrogens is 1. The number of nitrogens with zero attached hydrogens (tertiary/aromatic N) is 1. The van der Waals surface area contributed by atoms with E-state index in [1.165, 1.54) is 0 Å². The van der Waals surface area contributed by atoms with Crippen LogP contribution in [0.1, 0.15) is 22.8 Å². The molecule has 0 aliphatic heterocycles. The average Bonchev–Trinajstić information content (AvgIpc) is 2.61. The molecule has 3 rings (SSSR count).